The quantitative estimate of drug-likeness (QED) is 0.904. The van der Waals surface area contributed by atoms with E-state index in [-0.39, 0.29) is 6.03 Å². The number of halogens is 1. The van der Waals surface area contributed by atoms with Crippen LogP contribution in [-0.4, -0.2) is 53.1 Å². The number of aryl methyl sites for hydroxylation is 2. The van der Waals surface area contributed by atoms with Gasteiger partial charge in [0.05, 0.1) is 0 Å². The number of piperazine rings is 1. The van der Waals surface area contributed by atoms with Gasteiger partial charge in [-0.15, -0.1) is 0 Å². The lowest BCUT2D eigenvalue weighted by atomic mass is 10.3. The summed E-state index contributed by atoms with van der Waals surface area (Å²) in [5, 5.41) is 3.60. The maximum Gasteiger partial charge on any atom is 0.321 e. The maximum atomic E-state index is 12.4. The number of hydrogen-bond donors (Lipinski definition) is 1. The van der Waals surface area contributed by atoms with Crippen LogP contribution in [0, 0.1) is 13.8 Å². The molecule has 0 radical (unpaired) electrons. The van der Waals surface area contributed by atoms with Crippen molar-refractivity contribution in [3.63, 3.8) is 0 Å². The molecular weight excluding hydrogens is 336 g/mol. The summed E-state index contributed by atoms with van der Waals surface area (Å²) in [5.41, 5.74) is 3.38. The first kappa shape index (κ1) is 17.8. The van der Waals surface area contributed by atoms with Crippen molar-refractivity contribution in [2.24, 2.45) is 0 Å². The van der Waals surface area contributed by atoms with Gasteiger partial charge in [0.2, 0.25) is 0 Å². The number of nitrogens with zero attached hydrogens (tertiary/aromatic N) is 3. The van der Waals surface area contributed by atoms with Crippen LogP contribution < -0.4 is 5.32 Å². The highest BCUT2D eigenvalue weighted by atomic mass is 35.5. The smallest absolute Gasteiger partial charge is 0.321 e. The minimum absolute atomic E-state index is 0.0425. The average Bonchev–Trinajstić information content (AvgIpc) is 2.93. The number of benzene rings is 1. The van der Waals surface area contributed by atoms with E-state index in [1.807, 2.05) is 17.0 Å². The first-order valence-corrected chi connectivity index (χ1v) is 9.07. The molecule has 1 saturated heterocycles. The van der Waals surface area contributed by atoms with E-state index in [0.29, 0.717) is 5.02 Å². The summed E-state index contributed by atoms with van der Waals surface area (Å²) < 4.78 is 2.35. The molecule has 25 heavy (non-hydrogen) atoms. The van der Waals surface area contributed by atoms with Crippen molar-refractivity contribution in [3.05, 3.63) is 52.8 Å². The zero-order valence-electron chi connectivity index (χ0n) is 14.8. The van der Waals surface area contributed by atoms with Crippen molar-refractivity contribution < 1.29 is 4.79 Å². The number of carbonyl (C=O) groups excluding carboxylic acids is 1. The standard InChI is InChI=1S/C19H25ClN4O/c1-15-3-4-16(2)24(15)14-11-22-9-12-23(13-10-22)19(25)21-18-7-5-17(20)6-8-18/h3-8H,9-14H2,1-2H3,(H,21,25). The van der Waals surface area contributed by atoms with Gasteiger partial charge in [0, 0.05) is 61.4 Å². The van der Waals surface area contributed by atoms with Gasteiger partial charge >= 0.3 is 6.03 Å². The van der Waals surface area contributed by atoms with Crippen LogP contribution in [0.25, 0.3) is 0 Å². The number of hydrogen-bond acceptors (Lipinski definition) is 2. The molecule has 1 fully saturated rings. The van der Waals surface area contributed by atoms with Gasteiger partial charge in [-0.1, -0.05) is 11.6 Å². The third-order valence-electron chi connectivity index (χ3n) is 4.81. The summed E-state index contributed by atoms with van der Waals surface area (Å²) in [4.78, 5) is 16.6. The zero-order valence-corrected chi connectivity index (χ0v) is 15.6. The predicted octanol–water partition coefficient (Wildman–Crippen LogP) is 3.61. The van der Waals surface area contributed by atoms with Crippen molar-refractivity contribution in [3.8, 4) is 0 Å². The molecular formula is C19H25ClN4O. The number of nitrogens with one attached hydrogen (secondary N) is 1. The fraction of sp³-hybridized carbons (Fsp3) is 0.421. The normalized spacial score (nSPS) is 15.4. The number of urea groups is 1. The number of rotatable bonds is 4. The fourth-order valence-electron chi connectivity index (χ4n) is 3.20. The summed E-state index contributed by atoms with van der Waals surface area (Å²) in [6, 6.07) is 11.5. The summed E-state index contributed by atoms with van der Waals surface area (Å²) >= 11 is 5.87. The van der Waals surface area contributed by atoms with Crippen LogP contribution in [0.1, 0.15) is 11.4 Å². The Morgan fingerprint density at radius 1 is 0.960 bits per heavy atom. The number of carbonyl (C=O) groups is 1. The molecule has 2 aromatic rings. The molecule has 0 saturated carbocycles. The Labute approximate surface area is 154 Å². The molecule has 2 amide bonds. The van der Waals surface area contributed by atoms with Crippen LogP contribution in [0.15, 0.2) is 36.4 Å². The third kappa shape index (κ3) is 4.55. The van der Waals surface area contributed by atoms with Gasteiger partial charge < -0.3 is 14.8 Å². The fourth-order valence-corrected chi connectivity index (χ4v) is 3.33. The lowest BCUT2D eigenvalue weighted by Gasteiger charge is -2.34. The molecule has 1 aliphatic heterocycles. The monoisotopic (exact) mass is 360 g/mol. The van der Waals surface area contributed by atoms with Crippen LogP contribution in [-0.2, 0) is 6.54 Å². The second-order valence-electron chi connectivity index (χ2n) is 6.53. The Morgan fingerprint density at radius 3 is 2.16 bits per heavy atom. The topological polar surface area (TPSA) is 40.5 Å². The molecule has 0 bridgehead atoms. The van der Waals surface area contributed by atoms with Crippen LogP contribution in [0.2, 0.25) is 5.02 Å². The summed E-state index contributed by atoms with van der Waals surface area (Å²) in [5.74, 6) is 0. The van der Waals surface area contributed by atoms with E-state index in [1.54, 1.807) is 12.1 Å². The lowest BCUT2D eigenvalue weighted by molar-refractivity contribution is 0.144. The van der Waals surface area contributed by atoms with Gasteiger partial charge in [-0.25, -0.2) is 4.79 Å². The Kier molecular flexibility index (Phi) is 5.66. The average molecular weight is 361 g/mol. The number of amides is 2. The van der Waals surface area contributed by atoms with Crippen LogP contribution in [0.4, 0.5) is 10.5 Å². The first-order valence-electron chi connectivity index (χ1n) is 8.69. The highest BCUT2D eigenvalue weighted by molar-refractivity contribution is 6.30. The minimum atomic E-state index is -0.0425. The molecule has 134 valence electrons. The van der Waals surface area contributed by atoms with Crippen molar-refractivity contribution in [2.45, 2.75) is 20.4 Å². The molecule has 0 spiro atoms. The van der Waals surface area contributed by atoms with Gasteiger partial charge in [0.15, 0.2) is 0 Å². The van der Waals surface area contributed by atoms with E-state index in [1.165, 1.54) is 11.4 Å². The Hall–Kier alpha value is -1.98. The highest BCUT2D eigenvalue weighted by Crippen LogP contribution is 2.14. The second-order valence-corrected chi connectivity index (χ2v) is 6.97. The summed E-state index contributed by atoms with van der Waals surface area (Å²) in [6.07, 6.45) is 0. The molecule has 1 N–H and O–H groups in total. The predicted molar refractivity (Wildman–Crippen MR) is 102 cm³/mol. The van der Waals surface area contributed by atoms with Crippen molar-refractivity contribution >= 4 is 23.3 Å². The largest absolute Gasteiger partial charge is 0.348 e. The van der Waals surface area contributed by atoms with E-state index in [9.17, 15) is 4.79 Å². The first-order chi connectivity index (χ1) is 12.0. The number of aromatic nitrogens is 1. The van der Waals surface area contributed by atoms with E-state index in [0.717, 1.165) is 45.0 Å². The summed E-state index contributed by atoms with van der Waals surface area (Å²) in [7, 11) is 0. The van der Waals surface area contributed by atoms with E-state index < -0.39 is 0 Å². The van der Waals surface area contributed by atoms with Crippen molar-refractivity contribution in [1.29, 1.82) is 0 Å². The maximum absolute atomic E-state index is 12.4. The molecule has 6 heteroatoms. The SMILES string of the molecule is Cc1ccc(C)n1CCN1CCN(C(=O)Nc2ccc(Cl)cc2)CC1. The van der Waals surface area contributed by atoms with E-state index in [2.05, 4.69) is 40.8 Å². The Bertz CT molecular complexity index is 698. The van der Waals surface area contributed by atoms with Gasteiger partial charge in [-0.3, -0.25) is 4.90 Å². The van der Waals surface area contributed by atoms with E-state index in [4.69, 9.17) is 11.6 Å². The molecule has 1 aromatic carbocycles. The minimum Gasteiger partial charge on any atom is -0.348 e. The van der Waals surface area contributed by atoms with Crippen molar-refractivity contribution in [2.75, 3.05) is 38.0 Å². The van der Waals surface area contributed by atoms with Crippen molar-refractivity contribution in [1.82, 2.24) is 14.4 Å². The van der Waals surface area contributed by atoms with Gasteiger partial charge in [0.1, 0.15) is 0 Å². The molecule has 1 aromatic heterocycles. The summed E-state index contributed by atoms with van der Waals surface area (Å²) in [6.45, 7) is 9.63. The van der Waals surface area contributed by atoms with Gasteiger partial charge in [0.25, 0.3) is 0 Å². The van der Waals surface area contributed by atoms with Gasteiger partial charge in [-0.05, 0) is 50.2 Å². The molecule has 0 atom stereocenters. The van der Waals surface area contributed by atoms with Crippen LogP contribution in [0.3, 0.4) is 0 Å². The Morgan fingerprint density at radius 2 is 1.56 bits per heavy atom. The third-order valence-corrected chi connectivity index (χ3v) is 5.06. The second kappa shape index (κ2) is 7.93. The molecule has 0 unspecified atom stereocenters. The molecule has 2 heterocycles. The lowest BCUT2D eigenvalue weighted by Crippen LogP contribution is -2.50. The molecule has 0 aliphatic carbocycles. The molecule has 3 rings (SSSR count). The Balaban J connectivity index is 1.45. The number of anilines is 1. The van der Waals surface area contributed by atoms with Crippen LogP contribution in [0.5, 0.6) is 0 Å². The van der Waals surface area contributed by atoms with E-state index >= 15 is 0 Å². The zero-order chi connectivity index (χ0) is 17.8. The highest BCUT2D eigenvalue weighted by Gasteiger charge is 2.21. The molecule has 5 nitrogen and oxygen atoms in total. The van der Waals surface area contributed by atoms with Crippen LogP contribution >= 0.6 is 11.6 Å². The van der Waals surface area contributed by atoms with Gasteiger partial charge in [-0.2, -0.15) is 0 Å². The molecule has 1 aliphatic rings.